The van der Waals surface area contributed by atoms with Crippen molar-refractivity contribution in [2.24, 2.45) is 0 Å². The number of ether oxygens (including phenoxy) is 1. The monoisotopic (exact) mass is 471 g/mol. The van der Waals surface area contributed by atoms with E-state index in [4.69, 9.17) is 0 Å². The third kappa shape index (κ3) is 6.81. The van der Waals surface area contributed by atoms with Gasteiger partial charge in [-0.05, 0) is 45.0 Å². The summed E-state index contributed by atoms with van der Waals surface area (Å²) in [6.45, 7) is 3.98. The number of nitrogens with one attached hydrogen (secondary N) is 2. The predicted octanol–water partition coefficient (Wildman–Crippen LogP) is 1.58. The molecule has 2 N–H and O–H groups in total. The molecule has 1 saturated heterocycles. The van der Waals surface area contributed by atoms with Crippen LogP contribution in [0.3, 0.4) is 0 Å². The SMILES string of the molecule is BN1CCC(C)(NCC(=O)N(C)CC(=O)Nc2nc3ccc(OC(F)(F)F)cc3s2)CC1. The van der Waals surface area contributed by atoms with E-state index < -0.39 is 12.3 Å². The van der Waals surface area contributed by atoms with Crippen molar-refractivity contribution < 1.29 is 27.5 Å². The number of benzene rings is 1. The van der Waals surface area contributed by atoms with Crippen LogP contribution in [0.25, 0.3) is 10.2 Å². The zero-order valence-corrected chi connectivity index (χ0v) is 18.9. The number of nitrogens with zero attached hydrogens (tertiary/aromatic N) is 3. The van der Waals surface area contributed by atoms with Crippen molar-refractivity contribution in [3.05, 3.63) is 18.2 Å². The van der Waals surface area contributed by atoms with Crippen molar-refractivity contribution >= 4 is 46.5 Å². The number of halogens is 3. The van der Waals surface area contributed by atoms with Crippen LogP contribution in [0.5, 0.6) is 5.75 Å². The average molecular weight is 471 g/mol. The second kappa shape index (κ2) is 9.63. The number of fused-ring (bicyclic) bond motifs is 1. The van der Waals surface area contributed by atoms with Crippen LogP contribution in [-0.4, -0.2) is 79.6 Å². The van der Waals surface area contributed by atoms with Gasteiger partial charge < -0.3 is 25.1 Å². The Morgan fingerprint density at radius 2 is 2.03 bits per heavy atom. The zero-order valence-electron chi connectivity index (χ0n) is 18.1. The highest BCUT2D eigenvalue weighted by Crippen LogP contribution is 2.31. The molecule has 1 aliphatic rings. The molecule has 1 fully saturated rings. The summed E-state index contributed by atoms with van der Waals surface area (Å²) < 4.78 is 41.4. The van der Waals surface area contributed by atoms with Crippen molar-refractivity contribution in [3.63, 3.8) is 0 Å². The van der Waals surface area contributed by atoms with E-state index in [1.165, 1.54) is 17.0 Å². The van der Waals surface area contributed by atoms with Gasteiger partial charge in [-0.15, -0.1) is 13.2 Å². The van der Waals surface area contributed by atoms with E-state index in [0.29, 0.717) is 10.2 Å². The Bertz CT molecular complexity index is 979. The van der Waals surface area contributed by atoms with E-state index in [2.05, 4.69) is 40.1 Å². The maximum atomic E-state index is 12.4. The van der Waals surface area contributed by atoms with Crippen LogP contribution in [0.15, 0.2) is 18.2 Å². The highest BCUT2D eigenvalue weighted by Gasteiger charge is 2.31. The fraction of sp³-hybridized carbons (Fsp3) is 0.526. The lowest BCUT2D eigenvalue weighted by atomic mass is 9.88. The van der Waals surface area contributed by atoms with E-state index in [1.807, 2.05) is 0 Å². The molecule has 0 bridgehead atoms. The second-order valence-corrected chi connectivity index (χ2v) is 9.24. The molecule has 0 radical (unpaired) electrons. The summed E-state index contributed by atoms with van der Waals surface area (Å²) in [5.74, 6) is -1.02. The highest BCUT2D eigenvalue weighted by atomic mass is 32.1. The standard InChI is InChI=1S/C19H25BF3N5O3S/c1-18(5-7-28(20)8-6-18)24-10-16(30)27(2)11-15(29)26-17-25-13-4-3-12(9-14(13)32-17)31-19(21,22)23/h3-4,9,24H,5-8,10-11,20H2,1-2H3,(H,25,26,29). The van der Waals surface area contributed by atoms with Gasteiger partial charge in [0.1, 0.15) is 5.75 Å². The van der Waals surface area contributed by atoms with Gasteiger partial charge in [0.15, 0.2) is 13.1 Å². The Hall–Kier alpha value is -2.38. The molecule has 0 saturated carbocycles. The third-order valence-corrected chi connectivity index (χ3v) is 6.34. The molecule has 0 spiro atoms. The Kier molecular flexibility index (Phi) is 7.30. The van der Waals surface area contributed by atoms with E-state index >= 15 is 0 Å². The first-order chi connectivity index (χ1) is 14.9. The van der Waals surface area contributed by atoms with Crippen LogP contribution >= 0.6 is 11.3 Å². The quantitative estimate of drug-likeness (QED) is 0.597. The van der Waals surface area contributed by atoms with Gasteiger partial charge in [0.2, 0.25) is 11.8 Å². The van der Waals surface area contributed by atoms with Gasteiger partial charge in [-0.2, -0.15) is 0 Å². The Morgan fingerprint density at radius 3 is 2.69 bits per heavy atom. The normalized spacial score (nSPS) is 16.7. The van der Waals surface area contributed by atoms with E-state index in [-0.39, 0.29) is 35.4 Å². The molecular formula is C19H25BF3N5O3S. The molecule has 32 heavy (non-hydrogen) atoms. The molecular weight excluding hydrogens is 446 g/mol. The van der Waals surface area contributed by atoms with Crippen LogP contribution in [0.2, 0.25) is 0 Å². The summed E-state index contributed by atoms with van der Waals surface area (Å²) in [6.07, 6.45) is -2.91. The van der Waals surface area contributed by atoms with Crippen LogP contribution < -0.4 is 15.4 Å². The summed E-state index contributed by atoms with van der Waals surface area (Å²) in [4.78, 5) is 32.5. The first kappa shape index (κ1) is 24.3. The minimum atomic E-state index is -4.79. The van der Waals surface area contributed by atoms with Gasteiger partial charge in [-0.1, -0.05) is 11.3 Å². The number of carbonyl (C=O) groups is 2. The molecule has 0 aliphatic carbocycles. The van der Waals surface area contributed by atoms with Crippen LogP contribution in [0, 0.1) is 0 Å². The summed E-state index contributed by atoms with van der Waals surface area (Å²) >= 11 is 1.02. The fourth-order valence-corrected chi connectivity index (χ4v) is 4.24. The molecule has 1 aromatic heterocycles. The van der Waals surface area contributed by atoms with Gasteiger partial charge in [0.05, 0.1) is 23.3 Å². The van der Waals surface area contributed by atoms with Gasteiger partial charge in [0, 0.05) is 18.7 Å². The van der Waals surface area contributed by atoms with Crippen LogP contribution in [-0.2, 0) is 9.59 Å². The molecule has 1 aliphatic heterocycles. The Morgan fingerprint density at radius 1 is 1.34 bits per heavy atom. The van der Waals surface area contributed by atoms with Crippen molar-refractivity contribution in [3.8, 4) is 5.75 Å². The van der Waals surface area contributed by atoms with Crippen molar-refractivity contribution in [2.75, 3.05) is 38.5 Å². The minimum absolute atomic E-state index is 0.110. The summed E-state index contributed by atoms with van der Waals surface area (Å²) in [5.41, 5.74) is 0.320. The van der Waals surface area contributed by atoms with Crippen molar-refractivity contribution in [1.82, 2.24) is 20.0 Å². The van der Waals surface area contributed by atoms with E-state index in [1.54, 1.807) is 7.05 Å². The number of piperidine rings is 1. The van der Waals surface area contributed by atoms with Gasteiger partial charge in [-0.3, -0.25) is 9.59 Å². The number of amides is 2. The van der Waals surface area contributed by atoms with Crippen LogP contribution in [0.1, 0.15) is 19.8 Å². The predicted molar refractivity (Wildman–Crippen MR) is 118 cm³/mol. The fourth-order valence-electron chi connectivity index (χ4n) is 3.33. The zero-order chi connectivity index (χ0) is 23.5. The number of hydrogen-bond acceptors (Lipinski definition) is 7. The molecule has 0 atom stereocenters. The number of carbonyl (C=O) groups excluding carboxylic acids is 2. The number of likely N-dealkylation sites (N-methyl/N-ethyl adjacent to an activating group) is 1. The number of aromatic nitrogens is 1. The average Bonchev–Trinajstić information content (AvgIpc) is 3.08. The minimum Gasteiger partial charge on any atom is -0.406 e. The second-order valence-electron chi connectivity index (χ2n) is 8.21. The number of thiazole rings is 1. The third-order valence-electron chi connectivity index (χ3n) is 5.40. The Labute approximate surface area is 188 Å². The van der Waals surface area contributed by atoms with Gasteiger partial charge >= 0.3 is 6.36 Å². The largest absolute Gasteiger partial charge is 0.573 e. The lowest BCUT2D eigenvalue weighted by Crippen LogP contribution is -2.53. The summed E-state index contributed by atoms with van der Waals surface area (Å²) in [7, 11) is 3.61. The van der Waals surface area contributed by atoms with Gasteiger partial charge in [-0.25, -0.2) is 4.98 Å². The summed E-state index contributed by atoms with van der Waals surface area (Å²) in [6, 6.07) is 3.75. The first-order valence-corrected chi connectivity index (χ1v) is 10.9. The maximum Gasteiger partial charge on any atom is 0.573 e. The molecule has 2 heterocycles. The smallest absolute Gasteiger partial charge is 0.406 e. The molecule has 2 amide bonds. The molecule has 1 aromatic carbocycles. The summed E-state index contributed by atoms with van der Waals surface area (Å²) in [5, 5.41) is 6.13. The van der Waals surface area contributed by atoms with Crippen molar-refractivity contribution in [2.45, 2.75) is 31.7 Å². The molecule has 3 rings (SSSR count). The maximum absolute atomic E-state index is 12.4. The number of alkyl halides is 3. The molecule has 8 nitrogen and oxygen atoms in total. The van der Waals surface area contributed by atoms with Crippen LogP contribution in [0.4, 0.5) is 18.3 Å². The molecule has 174 valence electrons. The topological polar surface area (TPSA) is 86.8 Å². The highest BCUT2D eigenvalue weighted by molar-refractivity contribution is 7.22. The molecule has 0 unspecified atom stereocenters. The first-order valence-electron chi connectivity index (χ1n) is 10.1. The van der Waals surface area contributed by atoms with E-state index in [0.717, 1.165) is 43.3 Å². The molecule has 2 aromatic rings. The Balaban J connectivity index is 1.51. The number of rotatable bonds is 7. The molecule has 13 heteroatoms. The number of hydrogen-bond donors (Lipinski definition) is 2. The lowest BCUT2D eigenvalue weighted by Gasteiger charge is -2.39. The number of anilines is 1. The van der Waals surface area contributed by atoms with E-state index in [9.17, 15) is 22.8 Å². The van der Waals surface area contributed by atoms with Crippen molar-refractivity contribution in [1.29, 1.82) is 0 Å². The van der Waals surface area contributed by atoms with Gasteiger partial charge in [0.25, 0.3) is 0 Å². The lowest BCUT2D eigenvalue weighted by molar-refractivity contribution is -0.274.